The van der Waals surface area contributed by atoms with Gasteiger partial charge in [0.05, 0.1) is 22.8 Å². The van der Waals surface area contributed by atoms with Gasteiger partial charge in [-0.05, 0) is 38.5 Å². The number of aromatic nitrogens is 1. The summed E-state index contributed by atoms with van der Waals surface area (Å²) in [7, 11) is 3.56. The van der Waals surface area contributed by atoms with Gasteiger partial charge in [0.1, 0.15) is 0 Å². The molecule has 0 aromatic carbocycles. The molecule has 1 rings (SSSR count). The zero-order chi connectivity index (χ0) is 11.4. The molecule has 0 amide bonds. The Morgan fingerprint density at radius 2 is 1.21 bits per heavy atom. The quantitative estimate of drug-likeness (QED) is 0.483. The minimum absolute atomic E-state index is 0. The van der Waals surface area contributed by atoms with Gasteiger partial charge in [-0.2, -0.15) is 0 Å². The van der Waals surface area contributed by atoms with Crippen LogP contribution in [0.25, 0.3) is 0 Å². The molecule has 1 aromatic heterocycles. The van der Waals surface area contributed by atoms with E-state index in [-0.39, 0.29) is 55.8 Å². The van der Waals surface area contributed by atoms with Crippen LogP contribution < -0.4 is 37.2 Å². The molecule has 0 radical (unpaired) electrons. The van der Waals surface area contributed by atoms with Crippen LogP contribution in [-0.4, -0.2) is 30.5 Å². The van der Waals surface area contributed by atoms with Gasteiger partial charge in [-0.1, -0.05) is 0 Å². The van der Waals surface area contributed by atoms with Gasteiger partial charge < -0.3 is 37.2 Å². The predicted molar refractivity (Wildman–Crippen MR) is 65.2 cm³/mol. The van der Waals surface area contributed by atoms with Gasteiger partial charge in [-0.25, -0.2) is 4.98 Å². The summed E-state index contributed by atoms with van der Waals surface area (Å²) < 4.78 is 0. The molecule has 7 heteroatoms. The van der Waals surface area contributed by atoms with Crippen LogP contribution >= 0.6 is 0 Å². The number of aliphatic imine (C=N–C) groups is 2. The van der Waals surface area contributed by atoms with Gasteiger partial charge in [0.15, 0.2) is 0 Å². The summed E-state index contributed by atoms with van der Waals surface area (Å²) in [6, 6.07) is 4.07. The second-order valence-electron chi connectivity index (χ2n) is 3.53. The van der Waals surface area contributed by atoms with Gasteiger partial charge in [0.25, 0.3) is 0 Å². The fraction of sp³-hybridized carbons (Fsp3) is 0.417. The van der Waals surface area contributed by atoms with E-state index in [1.165, 1.54) is 5.56 Å². The van der Waals surface area contributed by atoms with E-state index in [1.54, 1.807) is 14.1 Å². The van der Waals surface area contributed by atoms with Crippen molar-refractivity contribution in [1.29, 1.82) is 0 Å². The third kappa shape index (κ3) is 7.96. The summed E-state index contributed by atoms with van der Waals surface area (Å²) >= 11 is 0. The van der Waals surface area contributed by atoms with E-state index in [1.807, 2.05) is 26.0 Å². The van der Waals surface area contributed by atoms with Crippen molar-refractivity contribution >= 4 is 11.4 Å². The van der Waals surface area contributed by atoms with E-state index >= 15 is 0 Å². The molecule has 0 N–H and O–H groups in total. The van der Waals surface area contributed by atoms with Crippen molar-refractivity contribution < 1.29 is 55.8 Å². The normalized spacial score (nSPS) is 10.4. The molecular weight excluding hydrogens is 343 g/mol. The minimum Gasteiger partial charge on any atom is -1.00 e. The monoisotopic (exact) mass is 359 g/mol. The number of hydrogen-bond donors (Lipinski definition) is 0. The van der Waals surface area contributed by atoms with Crippen LogP contribution in [-0.2, 0) is 18.6 Å². The first-order valence-corrected chi connectivity index (χ1v) is 4.94. The number of nitrogens with zero attached hydrogens (tertiary/aromatic N) is 3. The first kappa shape index (κ1) is 27.3. The molecule has 3 nitrogen and oxygen atoms in total. The topological polar surface area (TPSA) is 37.6 Å². The van der Waals surface area contributed by atoms with Crippen molar-refractivity contribution in [3.63, 3.8) is 0 Å². The zero-order valence-corrected chi connectivity index (χ0v) is 15.2. The summed E-state index contributed by atoms with van der Waals surface area (Å²) in [5.74, 6) is 0. The van der Waals surface area contributed by atoms with Crippen molar-refractivity contribution in [2.45, 2.75) is 20.8 Å². The number of rotatable bonds is 2. The maximum atomic E-state index is 4.51. The van der Waals surface area contributed by atoms with Gasteiger partial charge in [0.2, 0.25) is 0 Å². The average Bonchev–Trinajstić information content (AvgIpc) is 2.26. The van der Waals surface area contributed by atoms with E-state index in [2.05, 4.69) is 21.9 Å². The maximum Gasteiger partial charge on any atom is 3.00 e. The number of aryl methyl sites for hydroxylation is 1. The Morgan fingerprint density at radius 3 is 1.47 bits per heavy atom. The van der Waals surface area contributed by atoms with Crippen molar-refractivity contribution in [3.8, 4) is 0 Å². The molecular formula is C12H17Cl3N3V. The molecule has 0 atom stereocenters. The fourth-order valence-electron chi connectivity index (χ4n) is 1.27. The van der Waals surface area contributed by atoms with Gasteiger partial charge in [-0.15, -0.1) is 0 Å². The van der Waals surface area contributed by atoms with Gasteiger partial charge >= 0.3 is 18.6 Å². The summed E-state index contributed by atoms with van der Waals surface area (Å²) in [5.41, 5.74) is 4.93. The molecule has 1 heterocycles. The Balaban J connectivity index is -0.000000281. The van der Waals surface area contributed by atoms with Crippen molar-refractivity contribution in [2.75, 3.05) is 14.1 Å². The van der Waals surface area contributed by atoms with E-state index in [0.29, 0.717) is 0 Å². The molecule has 106 valence electrons. The van der Waals surface area contributed by atoms with E-state index in [9.17, 15) is 0 Å². The molecule has 0 saturated carbocycles. The van der Waals surface area contributed by atoms with Crippen LogP contribution in [0.5, 0.6) is 0 Å². The van der Waals surface area contributed by atoms with E-state index in [4.69, 9.17) is 0 Å². The number of pyridine rings is 1. The summed E-state index contributed by atoms with van der Waals surface area (Å²) in [5, 5.41) is 0. The molecule has 0 spiro atoms. The van der Waals surface area contributed by atoms with Crippen LogP contribution in [0, 0.1) is 6.92 Å². The third-order valence-electron chi connectivity index (χ3n) is 2.38. The van der Waals surface area contributed by atoms with Crippen molar-refractivity contribution in [2.24, 2.45) is 9.98 Å². The Labute approximate surface area is 145 Å². The molecule has 0 aliphatic heterocycles. The van der Waals surface area contributed by atoms with Crippen LogP contribution in [0.2, 0.25) is 0 Å². The fourth-order valence-corrected chi connectivity index (χ4v) is 1.27. The Kier molecular flexibility index (Phi) is 18.6. The zero-order valence-electron chi connectivity index (χ0n) is 11.6. The third-order valence-corrected chi connectivity index (χ3v) is 2.38. The Morgan fingerprint density at radius 1 is 0.895 bits per heavy atom. The minimum atomic E-state index is 0. The second kappa shape index (κ2) is 13.0. The Bertz CT molecular complexity index is 398. The van der Waals surface area contributed by atoms with Gasteiger partial charge in [-0.3, -0.25) is 9.98 Å². The Hall–Kier alpha value is -0.0556. The molecule has 0 bridgehead atoms. The predicted octanol–water partition coefficient (Wildman–Crippen LogP) is -6.72. The molecule has 1 aromatic rings. The molecule has 0 saturated heterocycles. The second-order valence-corrected chi connectivity index (χ2v) is 3.53. The molecule has 19 heavy (non-hydrogen) atoms. The average molecular weight is 361 g/mol. The summed E-state index contributed by atoms with van der Waals surface area (Å²) in [6.07, 6.45) is 0. The van der Waals surface area contributed by atoms with E-state index in [0.717, 1.165) is 22.8 Å². The summed E-state index contributed by atoms with van der Waals surface area (Å²) in [6.45, 7) is 5.98. The molecule has 0 aliphatic rings. The van der Waals surface area contributed by atoms with Crippen LogP contribution in [0.15, 0.2) is 22.1 Å². The summed E-state index contributed by atoms with van der Waals surface area (Å²) in [4.78, 5) is 12.8. The van der Waals surface area contributed by atoms with Gasteiger partial charge in [0, 0.05) is 14.1 Å². The molecule has 0 fully saturated rings. The van der Waals surface area contributed by atoms with Crippen LogP contribution in [0.1, 0.15) is 30.8 Å². The van der Waals surface area contributed by atoms with Crippen molar-refractivity contribution in [1.82, 2.24) is 4.98 Å². The van der Waals surface area contributed by atoms with Crippen LogP contribution in [0.4, 0.5) is 0 Å². The molecule has 0 unspecified atom stereocenters. The molecule has 0 aliphatic carbocycles. The SMILES string of the molecule is CN=C(C)c1cc(C)cc(C(C)=NC)n1.[Cl-].[Cl-].[Cl-].[V+3]. The standard InChI is InChI=1S/C12H17N3.3ClH.V/c1-8-6-11(9(2)13-4)15-12(7-8)10(3)14-5;;;;/h6-7H,1-5H3;3*1H;/q;;;;+3/p-3. The van der Waals surface area contributed by atoms with E-state index < -0.39 is 0 Å². The first-order chi connectivity index (χ1) is 7.08. The van der Waals surface area contributed by atoms with Crippen molar-refractivity contribution in [3.05, 3.63) is 29.1 Å². The largest absolute Gasteiger partial charge is 3.00 e. The smallest absolute Gasteiger partial charge is 1.00 e. The number of halogens is 3. The van der Waals surface area contributed by atoms with Crippen LogP contribution in [0.3, 0.4) is 0 Å². The first-order valence-electron chi connectivity index (χ1n) is 4.94. The number of hydrogen-bond acceptors (Lipinski definition) is 3. The maximum absolute atomic E-state index is 4.51.